The summed E-state index contributed by atoms with van der Waals surface area (Å²) >= 11 is 0. The standard InChI is InChI=1S/C17H24O4/c1-17(2,21-15-10-8-14(18)9-11-15)16(19)20-12-13-6-4-3-5-7-13/h3-7,14-15,18H,8-12H2,1-2H3. The lowest BCUT2D eigenvalue weighted by atomic mass is 9.94. The monoisotopic (exact) mass is 292 g/mol. The topological polar surface area (TPSA) is 55.8 Å². The molecule has 0 bridgehead atoms. The summed E-state index contributed by atoms with van der Waals surface area (Å²) in [6.45, 7) is 3.74. The molecule has 0 saturated heterocycles. The van der Waals surface area contributed by atoms with Crippen LogP contribution in [0.2, 0.25) is 0 Å². The lowest BCUT2D eigenvalue weighted by molar-refractivity contribution is -0.179. The van der Waals surface area contributed by atoms with E-state index in [1.54, 1.807) is 13.8 Å². The van der Waals surface area contributed by atoms with E-state index in [-0.39, 0.29) is 24.8 Å². The van der Waals surface area contributed by atoms with E-state index in [0.717, 1.165) is 31.2 Å². The van der Waals surface area contributed by atoms with Crippen LogP contribution in [0.3, 0.4) is 0 Å². The Labute approximate surface area is 126 Å². The minimum absolute atomic E-state index is 0.0210. The lowest BCUT2D eigenvalue weighted by Gasteiger charge is -2.32. The van der Waals surface area contributed by atoms with E-state index in [1.807, 2.05) is 30.3 Å². The first-order valence-corrected chi connectivity index (χ1v) is 7.54. The third-order valence-electron chi connectivity index (χ3n) is 3.81. The predicted molar refractivity (Wildman–Crippen MR) is 79.7 cm³/mol. The Morgan fingerprint density at radius 2 is 1.81 bits per heavy atom. The van der Waals surface area contributed by atoms with E-state index < -0.39 is 5.60 Å². The highest BCUT2D eigenvalue weighted by molar-refractivity contribution is 5.78. The Morgan fingerprint density at radius 3 is 2.43 bits per heavy atom. The van der Waals surface area contributed by atoms with Gasteiger partial charge in [0.05, 0.1) is 12.2 Å². The molecule has 0 radical (unpaired) electrons. The summed E-state index contributed by atoms with van der Waals surface area (Å²) in [5.41, 5.74) is 0.00398. The van der Waals surface area contributed by atoms with Gasteiger partial charge in [-0.3, -0.25) is 0 Å². The minimum atomic E-state index is -0.957. The molecular weight excluding hydrogens is 268 g/mol. The van der Waals surface area contributed by atoms with Crippen LogP contribution in [0.5, 0.6) is 0 Å². The number of esters is 1. The number of carbonyl (C=O) groups is 1. The molecule has 0 unspecified atom stereocenters. The predicted octanol–water partition coefficient (Wildman–Crippen LogP) is 2.83. The van der Waals surface area contributed by atoms with Gasteiger partial charge in [-0.2, -0.15) is 0 Å². The van der Waals surface area contributed by atoms with Gasteiger partial charge in [0.15, 0.2) is 5.60 Å². The molecule has 0 atom stereocenters. The number of hydrogen-bond acceptors (Lipinski definition) is 4. The summed E-state index contributed by atoms with van der Waals surface area (Å²) in [5, 5.41) is 9.50. The zero-order chi connectivity index (χ0) is 15.3. The molecule has 1 saturated carbocycles. The second-order valence-electron chi connectivity index (χ2n) is 6.12. The SMILES string of the molecule is CC(C)(OC1CCC(O)CC1)C(=O)OCc1ccccc1. The first kappa shape index (κ1) is 16.0. The molecule has 116 valence electrons. The summed E-state index contributed by atoms with van der Waals surface area (Å²) in [4.78, 5) is 12.2. The van der Waals surface area contributed by atoms with Crippen LogP contribution in [0.1, 0.15) is 45.1 Å². The third kappa shape index (κ3) is 4.83. The summed E-state index contributed by atoms with van der Waals surface area (Å²) in [5.74, 6) is -0.350. The normalized spacial score (nSPS) is 22.8. The van der Waals surface area contributed by atoms with Gasteiger partial charge in [-0.1, -0.05) is 30.3 Å². The number of aliphatic hydroxyl groups excluding tert-OH is 1. The Bertz CT molecular complexity index is 447. The number of ether oxygens (including phenoxy) is 2. The minimum Gasteiger partial charge on any atom is -0.459 e. The molecule has 2 rings (SSSR count). The second kappa shape index (κ2) is 7.05. The molecule has 1 aromatic rings. The van der Waals surface area contributed by atoms with Gasteiger partial charge < -0.3 is 14.6 Å². The molecule has 4 nitrogen and oxygen atoms in total. The first-order valence-electron chi connectivity index (χ1n) is 7.54. The van der Waals surface area contributed by atoms with Crippen molar-refractivity contribution in [2.75, 3.05) is 0 Å². The van der Waals surface area contributed by atoms with Gasteiger partial charge in [0.2, 0.25) is 0 Å². The second-order valence-corrected chi connectivity index (χ2v) is 6.12. The van der Waals surface area contributed by atoms with Gasteiger partial charge >= 0.3 is 5.97 Å². The van der Waals surface area contributed by atoms with Crippen molar-refractivity contribution in [2.45, 2.75) is 63.9 Å². The van der Waals surface area contributed by atoms with Crippen molar-refractivity contribution in [3.63, 3.8) is 0 Å². The van der Waals surface area contributed by atoms with Crippen LogP contribution in [-0.4, -0.2) is 28.9 Å². The summed E-state index contributed by atoms with van der Waals surface area (Å²) in [7, 11) is 0. The smallest absolute Gasteiger partial charge is 0.338 e. The van der Waals surface area contributed by atoms with Crippen molar-refractivity contribution < 1.29 is 19.4 Å². The molecule has 0 amide bonds. The molecule has 0 spiro atoms. The Balaban J connectivity index is 1.82. The van der Waals surface area contributed by atoms with E-state index in [0.29, 0.717) is 0 Å². The van der Waals surface area contributed by atoms with Crippen LogP contribution < -0.4 is 0 Å². The van der Waals surface area contributed by atoms with Gasteiger partial charge in [0.25, 0.3) is 0 Å². The van der Waals surface area contributed by atoms with Gasteiger partial charge in [-0.25, -0.2) is 4.79 Å². The fraction of sp³-hybridized carbons (Fsp3) is 0.588. The molecule has 1 aliphatic rings. The maximum Gasteiger partial charge on any atom is 0.338 e. The quantitative estimate of drug-likeness (QED) is 0.848. The van der Waals surface area contributed by atoms with Crippen molar-refractivity contribution in [3.8, 4) is 0 Å². The van der Waals surface area contributed by atoms with Crippen molar-refractivity contribution in [3.05, 3.63) is 35.9 Å². The highest BCUT2D eigenvalue weighted by Gasteiger charge is 2.34. The molecule has 4 heteroatoms. The van der Waals surface area contributed by atoms with E-state index in [4.69, 9.17) is 9.47 Å². The number of carbonyl (C=O) groups excluding carboxylic acids is 1. The van der Waals surface area contributed by atoms with E-state index >= 15 is 0 Å². The van der Waals surface area contributed by atoms with Gasteiger partial charge in [-0.05, 0) is 45.1 Å². The highest BCUT2D eigenvalue weighted by atomic mass is 16.6. The Morgan fingerprint density at radius 1 is 1.19 bits per heavy atom. The molecule has 1 fully saturated rings. The largest absolute Gasteiger partial charge is 0.459 e. The average molecular weight is 292 g/mol. The van der Waals surface area contributed by atoms with Crippen LogP contribution in [-0.2, 0) is 20.9 Å². The van der Waals surface area contributed by atoms with Gasteiger partial charge in [-0.15, -0.1) is 0 Å². The van der Waals surface area contributed by atoms with Gasteiger partial charge in [0, 0.05) is 0 Å². The van der Waals surface area contributed by atoms with Crippen LogP contribution in [0.25, 0.3) is 0 Å². The van der Waals surface area contributed by atoms with Crippen molar-refractivity contribution in [2.24, 2.45) is 0 Å². The molecule has 21 heavy (non-hydrogen) atoms. The Kier molecular flexibility index (Phi) is 5.37. The number of rotatable bonds is 5. The van der Waals surface area contributed by atoms with Crippen LogP contribution in [0.4, 0.5) is 0 Å². The van der Waals surface area contributed by atoms with E-state index in [9.17, 15) is 9.90 Å². The molecule has 0 aliphatic heterocycles. The maximum atomic E-state index is 12.2. The third-order valence-corrected chi connectivity index (χ3v) is 3.81. The summed E-state index contributed by atoms with van der Waals surface area (Å²) < 4.78 is 11.2. The number of hydrogen-bond donors (Lipinski definition) is 1. The Hall–Kier alpha value is -1.39. The van der Waals surface area contributed by atoms with Gasteiger partial charge in [0.1, 0.15) is 6.61 Å². The lowest BCUT2D eigenvalue weighted by Crippen LogP contribution is -2.41. The highest BCUT2D eigenvalue weighted by Crippen LogP contribution is 2.26. The van der Waals surface area contributed by atoms with Crippen LogP contribution in [0.15, 0.2) is 30.3 Å². The summed E-state index contributed by atoms with van der Waals surface area (Å²) in [6, 6.07) is 9.60. The fourth-order valence-electron chi connectivity index (χ4n) is 2.52. The maximum absolute atomic E-state index is 12.2. The van der Waals surface area contributed by atoms with Crippen molar-refractivity contribution in [1.82, 2.24) is 0 Å². The summed E-state index contributed by atoms with van der Waals surface area (Å²) in [6.07, 6.45) is 2.85. The molecule has 1 aliphatic carbocycles. The fourth-order valence-corrected chi connectivity index (χ4v) is 2.52. The molecule has 0 aromatic heterocycles. The zero-order valence-electron chi connectivity index (χ0n) is 12.7. The van der Waals surface area contributed by atoms with Crippen LogP contribution in [0, 0.1) is 0 Å². The average Bonchev–Trinajstić information content (AvgIpc) is 2.48. The van der Waals surface area contributed by atoms with E-state index in [1.165, 1.54) is 0 Å². The first-order chi connectivity index (χ1) is 9.97. The van der Waals surface area contributed by atoms with Crippen LogP contribution >= 0.6 is 0 Å². The number of aliphatic hydroxyl groups is 1. The zero-order valence-corrected chi connectivity index (χ0v) is 12.7. The molecular formula is C17H24O4. The van der Waals surface area contributed by atoms with Crippen molar-refractivity contribution in [1.29, 1.82) is 0 Å². The molecule has 1 N–H and O–H groups in total. The number of benzene rings is 1. The molecule has 0 heterocycles. The van der Waals surface area contributed by atoms with Crippen molar-refractivity contribution >= 4 is 5.97 Å². The van der Waals surface area contributed by atoms with E-state index in [2.05, 4.69) is 0 Å². The molecule has 1 aromatic carbocycles.